The van der Waals surface area contributed by atoms with Crippen LogP contribution in [-0.4, -0.2) is 35.1 Å². The first-order valence-corrected chi connectivity index (χ1v) is 7.43. The second kappa shape index (κ2) is 6.80. The van der Waals surface area contributed by atoms with Crippen LogP contribution < -0.4 is 4.74 Å². The Bertz CT molecular complexity index is 639. The van der Waals surface area contributed by atoms with Gasteiger partial charge in [0, 0.05) is 12.3 Å². The van der Waals surface area contributed by atoms with E-state index < -0.39 is 6.04 Å². The normalized spacial score (nSPS) is 12.4. The molecule has 0 saturated carbocycles. The molecule has 1 aromatic carbocycles. The third kappa shape index (κ3) is 2.97. The van der Waals surface area contributed by atoms with Crippen LogP contribution in [0.15, 0.2) is 18.2 Å². The fourth-order valence-electron chi connectivity index (χ4n) is 2.38. The molecule has 0 radical (unpaired) electrons. The van der Waals surface area contributed by atoms with Gasteiger partial charge in [0.2, 0.25) is 0 Å². The fraction of sp³-hybridized carbons (Fsp3) is 0.467. The van der Waals surface area contributed by atoms with E-state index in [-0.39, 0.29) is 5.97 Å². The van der Waals surface area contributed by atoms with Crippen LogP contribution in [-0.2, 0) is 16.0 Å². The molecule has 2 aromatic rings. The van der Waals surface area contributed by atoms with Crippen LogP contribution in [0.2, 0.25) is 0 Å². The summed E-state index contributed by atoms with van der Waals surface area (Å²) >= 11 is 5.85. The molecule has 1 atom stereocenters. The molecule has 6 heteroatoms. The SMILES string of the molecule is CCOc1cccc2c1nc(CCCl)n2C(C)C(=O)OC. The Morgan fingerprint density at radius 2 is 2.24 bits per heavy atom. The topological polar surface area (TPSA) is 53.4 Å². The van der Waals surface area contributed by atoms with E-state index in [4.69, 9.17) is 21.1 Å². The van der Waals surface area contributed by atoms with Crippen LogP contribution in [0.5, 0.6) is 5.75 Å². The van der Waals surface area contributed by atoms with Crippen LogP contribution >= 0.6 is 11.6 Å². The van der Waals surface area contributed by atoms with Gasteiger partial charge in [-0.3, -0.25) is 0 Å². The highest BCUT2D eigenvalue weighted by Crippen LogP contribution is 2.29. The number of nitrogens with zero attached hydrogens (tertiary/aromatic N) is 2. The van der Waals surface area contributed by atoms with Gasteiger partial charge in [0.15, 0.2) is 0 Å². The minimum Gasteiger partial charge on any atom is -0.492 e. The number of rotatable bonds is 6. The Kier molecular flexibility index (Phi) is 5.07. The van der Waals surface area contributed by atoms with Crippen molar-refractivity contribution < 1.29 is 14.3 Å². The van der Waals surface area contributed by atoms with Crippen molar-refractivity contribution in [1.82, 2.24) is 9.55 Å². The molecule has 0 aliphatic heterocycles. The van der Waals surface area contributed by atoms with E-state index in [0.29, 0.717) is 24.7 Å². The lowest BCUT2D eigenvalue weighted by molar-refractivity contribution is -0.143. The van der Waals surface area contributed by atoms with Gasteiger partial charge in [0.05, 0.1) is 19.2 Å². The van der Waals surface area contributed by atoms with Crippen LogP contribution in [0.4, 0.5) is 0 Å². The van der Waals surface area contributed by atoms with Gasteiger partial charge in [-0.1, -0.05) is 6.07 Å². The number of alkyl halides is 1. The van der Waals surface area contributed by atoms with E-state index in [0.717, 1.165) is 16.9 Å². The average molecular weight is 311 g/mol. The Morgan fingerprint density at radius 1 is 1.48 bits per heavy atom. The number of halogens is 1. The van der Waals surface area contributed by atoms with Crippen molar-refractivity contribution in [3.8, 4) is 5.75 Å². The molecule has 0 saturated heterocycles. The molecule has 0 aliphatic carbocycles. The summed E-state index contributed by atoms with van der Waals surface area (Å²) in [5.74, 6) is 1.58. The van der Waals surface area contributed by atoms with Crippen molar-refractivity contribution in [3.63, 3.8) is 0 Å². The summed E-state index contributed by atoms with van der Waals surface area (Å²) in [6, 6.07) is 5.22. The van der Waals surface area contributed by atoms with Crippen LogP contribution in [0, 0.1) is 0 Å². The second-order valence-electron chi connectivity index (χ2n) is 4.59. The monoisotopic (exact) mass is 310 g/mol. The third-order valence-electron chi connectivity index (χ3n) is 3.30. The number of hydrogen-bond donors (Lipinski definition) is 0. The highest BCUT2D eigenvalue weighted by atomic mass is 35.5. The molecule has 1 unspecified atom stereocenters. The van der Waals surface area contributed by atoms with Gasteiger partial charge in [-0.2, -0.15) is 0 Å². The predicted octanol–water partition coefficient (Wildman–Crippen LogP) is 2.95. The Labute approximate surface area is 128 Å². The number of carbonyl (C=O) groups is 1. The van der Waals surface area contributed by atoms with Crippen molar-refractivity contribution in [2.75, 3.05) is 19.6 Å². The number of aromatic nitrogens is 2. The molecule has 0 spiro atoms. The van der Waals surface area contributed by atoms with E-state index in [1.54, 1.807) is 6.92 Å². The van der Waals surface area contributed by atoms with Crippen LogP contribution in [0.1, 0.15) is 25.7 Å². The minimum absolute atomic E-state index is 0.313. The van der Waals surface area contributed by atoms with Gasteiger partial charge in [-0.25, -0.2) is 9.78 Å². The maximum Gasteiger partial charge on any atom is 0.328 e. The summed E-state index contributed by atoms with van der Waals surface area (Å²) in [4.78, 5) is 16.5. The van der Waals surface area contributed by atoms with E-state index in [1.807, 2.05) is 29.7 Å². The number of fused-ring (bicyclic) bond motifs is 1. The van der Waals surface area contributed by atoms with E-state index in [1.165, 1.54) is 7.11 Å². The molecule has 0 bridgehead atoms. The summed E-state index contributed by atoms with van der Waals surface area (Å²) in [5.41, 5.74) is 1.59. The first kappa shape index (κ1) is 15.6. The maximum absolute atomic E-state index is 11.9. The van der Waals surface area contributed by atoms with Gasteiger partial charge < -0.3 is 14.0 Å². The van der Waals surface area contributed by atoms with Crippen molar-refractivity contribution in [2.24, 2.45) is 0 Å². The lowest BCUT2D eigenvalue weighted by atomic mass is 10.2. The van der Waals surface area contributed by atoms with E-state index in [2.05, 4.69) is 4.98 Å². The maximum atomic E-state index is 11.9. The van der Waals surface area contributed by atoms with Gasteiger partial charge in [-0.05, 0) is 26.0 Å². The largest absolute Gasteiger partial charge is 0.492 e. The van der Waals surface area contributed by atoms with Crippen molar-refractivity contribution in [2.45, 2.75) is 26.3 Å². The molecule has 1 aromatic heterocycles. The smallest absolute Gasteiger partial charge is 0.328 e. The number of imidazole rings is 1. The summed E-state index contributed by atoms with van der Waals surface area (Å²) in [6.07, 6.45) is 0.573. The van der Waals surface area contributed by atoms with Crippen molar-refractivity contribution in [3.05, 3.63) is 24.0 Å². The highest BCUT2D eigenvalue weighted by molar-refractivity contribution is 6.17. The molecule has 2 rings (SSSR count). The average Bonchev–Trinajstić information content (AvgIpc) is 2.85. The van der Waals surface area contributed by atoms with Gasteiger partial charge in [0.25, 0.3) is 0 Å². The Morgan fingerprint density at radius 3 is 2.86 bits per heavy atom. The first-order valence-electron chi connectivity index (χ1n) is 6.90. The molecule has 1 heterocycles. The molecule has 5 nitrogen and oxygen atoms in total. The molecule has 0 aliphatic rings. The summed E-state index contributed by atoms with van der Waals surface area (Å²) in [5, 5.41) is 0. The van der Waals surface area contributed by atoms with E-state index in [9.17, 15) is 4.79 Å². The number of carbonyl (C=O) groups excluding carboxylic acids is 1. The predicted molar refractivity (Wildman–Crippen MR) is 82.1 cm³/mol. The molecule has 114 valence electrons. The molecule has 0 fully saturated rings. The van der Waals surface area contributed by atoms with Gasteiger partial charge in [-0.15, -0.1) is 11.6 Å². The van der Waals surface area contributed by atoms with Gasteiger partial charge >= 0.3 is 5.97 Å². The molecule has 21 heavy (non-hydrogen) atoms. The lowest BCUT2D eigenvalue weighted by Crippen LogP contribution is -2.20. The lowest BCUT2D eigenvalue weighted by Gasteiger charge is -2.15. The highest BCUT2D eigenvalue weighted by Gasteiger charge is 2.23. The second-order valence-corrected chi connectivity index (χ2v) is 4.97. The number of hydrogen-bond acceptors (Lipinski definition) is 4. The number of ether oxygens (including phenoxy) is 2. The Balaban J connectivity index is 2.62. The number of para-hydroxylation sites is 1. The van der Waals surface area contributed by atoms with Crippen molar-refractivity contribution >= 4 is 28.6 Å². The number of benzene rings is 1. The Hall–Kier alpha value is -1.75. The number of aryl methyl sites for hydroxylation is 1. The molecular formula is C15H19ClN2O3. The van der Waals surface area contributed by atoms with Crippen LogP contribution in [0.3, 0.4) is 0 Å². The summed E-state index contributed by atoms with van der Waals surface area (Å²) < 4.78 is 12.3. The molecule has 0 amide bonds. The van der Waals surface area contributed by atoms with Gasteiger partial charge in [0.1, 0.15) is 23.1 Å². The van der Waals surface area contributed by atoms with E-state index >= 15 is 0 Å². The standard InChI is InChI=1S/C15H19ClN2O3/c1-4-21-12-7-5-6-11-14(12)17-13(8-9-16)18(11)10(2)15(19)20-3/h5-7,10H,4,8-9H2,1-3H3. The quantitative estimate of drug-likeness (QED) is 0.608. The molecule has 0 N–H and O–H groups in total. The van der Waals surface area contributed by atoms with Crippen LogP contribution in [0.25, 0.3) is 11.0 Å². The zero-order chi connectivity index (χ0) is 15.4. The summed E-state index contributed by atoms with van der Waals surface area (Å²) in [7, 11) is 1.38. The third-order valence-corrected chi connectivity index (χ3v) is 3.49. The summed E-state index contributed by atoms with van der Waals surface area (Å²) in [6.45, 7) is 4.27. The molecular weight excluding hydrogens is 292 g/mol. The van der Waals surface area contributed by atoms with Crippen molar-refractivity contribution in [1.29, 1.82) is 0 Å². The fourth-order valence-corrected chi connectivity index (χ4v) is 2.55. The number of methoxy groups -OCH3 is 1. The first-order chi connectivity index (χ1) is 10.1. The minimum atomic E-state index is -0.463. The number of esters is 1. The zero-order valence-electron chi connectivity index (χ0n) is 12.4. The zero-order valence-corrected chi connectivity index (χ0v) is 13.2.